The quantitative estimate of drug-likeness (QED) is 0.197. The molecule has 0 fully saturated rings. The number of nitrogens with zero attached hydrogens (tertiary/aromatic N) is 1. The van der Waals surface area contributed by atoms with Crippen molar-refractivity contribution in [3.8, 4) is 11.1 Å². The van der Waals surface area contributed by atoms with E-state index < -0.39 is 23.8 Å². The Balaban J connectivity index is 1.36. The van der Waals surface area contributed by atoms with Crippen LogP contribution in [0.2, 0.25) is 0 Å². The lowest BCUT2D eigenvalue weighted by Crippen LogP contribution is -2.33. The van der Waals surface area contributed by atoms with Crippen LogP contribution < -0.4 is 5.32 Å². The number of H-pyrrole nitrogens is 1. The number of benzene rings is 3. The number of hydrogen-bond acceptors (Lipinski definition) is 5. The largest absolute Gasteiger partial charge is 0.481 e. The lowest BCUT2D eigenvalue weighted by atomic mass is 9.98. The minimum atomic E-state index is -0.932. The molecule has 1 aliphatic carbocycles. The predicted octanol–water partition coefficient (Wildman–Crippen LogP) is 7.13. The number of nitrogens with one attached hydrogen (secondary N) is 2. The average Bonchev–Trinajstić information content (AvgIpc) is 3.49. The molecule has 2 amide bonds. The van der Waals surface area contributed by atoms with E-state index in [1.165, 1.54) is 4.90 Å². The Kier molecular flexibility index (Phi) is 8.20. The van der Waals surface area contributed by atoms with Gasteiger partial charge < -0.3 is 24.5 Å². The lowest BCUT2D eigenvalue weighted by Gasteiger charge is -2.24. The molecule has 0 saturated carbocycles. The molecule has 3 aromatic carbocycles. The molecule has 1 heterocycles. The van der Waals surface area contributed by atoms with Gasteiger partial charge in [0.05, 0.1) is 12.2 Å². The summed E-state index contributed by atoms with van der Waals surface area (Å²) in [6, 6.07) is 21.7. The number of fused-ring (bicyclic) bond motifs is 4. The summed E-state index contributed by atoms with van der Waals surface area (Å²) in [5.41, 5.74) is 5.89. The van der Waals surface area contributed by atoms with E-state index in [4.69, 9.17) is 9.47 Å². The Labute approximate surface area is 244 Å². The highest BCUT2D eigenvalue weighted by Crippen LogP contribution is 2.44. The number of carbonyl (C=O) groups excluding carboxylic acids is 2. The van der Waals surface area contributed by atoms with Gasteiger partial charge in [0, 0.05) is 36.0 Å². The molecule has 218 valence electrons. The van der Waals surface area contributed by atoms with Gasteiger partial charge in [0.25, 0.3) is 0 Å². The second-order valence-corrected chi connectivity index (χ2v) is 11.4. The molecule has 3 N–H and O–H groups in total. The number of ether oxygens (including phenoxy) is 2. The Morgan fingerprint density at radius 2 is 1.62 bits per heavy atom. The zero-order chi connectivity index (χ0) is 29.9. The number of carboxylic acids is 1. The van der Waals surface area contributed by atoms with Gasteiger partial charge in [0.15, 0.2) is 0 Å². The number of aromatic amines is 1. The van der Waals surface area contributed by atoms with Crippen molar-refractivity contribution in [1.29, 1.82) is 0 Å². The number of hydrogen-bond donors (Lipinski definition) is 3. The summed E-state index contributed by atoms with van der Waals surface area (Å²) in [6.07, 6.45) is 0.856. The minimum Gasteiger partial charge on any atom is -0.481 e. The fraction of sp³-hybridized carbons (Fsp3) is 0.303. The number of rotatable bonds is 9. The molecule has 1 aliphatic rings. The Morgan fingerprint density at radius 1 is 0.952 bits per heavy atom. The Morgan fingerprint density at radius 3 is 2.26 bits per heavy atom. The molecule has 0 saturated heterocycles. The van der Waals surface area contributed by atoms with Crippen LogP contribution in [0, 0.1) is 0 Å². The number of carbonyl (C=O) groups is 3. The molecule has 0 spiro atoms. The van der Waals surface area contributed by atoms with Crippen LogP contribution in [0.3, 0.4) is 0 Å². The molecule has 0 bridgehead atoms. The van der Waals surface area contributed by atoms with Crippen LogP contribution in [0.1, 0.15) is 56.2 Å². The van der Waals surface area contributed by atoms with Crippen molar-refractivity contribution in [1.82, 2.24) is 9.88 Å². The number of amides is 2. The predicted molar refractivity (Wildman–Crippen MR) is 161 cm³/mol. The standard InChI is InChI=1S/C33H35N3O6/c1-33(2,3)42-31(39)35-28-15-8-14-27-30(28)21(18-34-27)19-36(17-9-16-29(37)38)32(40)41-20-26-24-12-6-4-10-22(24)23-11-5-7-13-25(23)26/h4-8,10-15,18,26,34H,9,16-17,19-20H2,1-3H3,(H,35,39)(H,37,38). The van der Waals surface area contributed by atoms with Gasteiger partial charge in [-0.25, -0.2) is 9.59 Å². The van der Waals surface area contributed by atoms with Crippen LogP contribution >= 0.6 is 0 Å². The van der Waals surface area contributed by atoms with Crippen LogP contribution in [0.25, 0.3) is 22.0 Å². The van der Waals surface area contributed by atoms with Crippen molar-refractivity contribution in [3.05, 3.63) is 89.6 Å². The summed E-state index contributed by atoms with van der Waals surface area (Å²) in [7, 11) is 0. The van der Waals surface area contributed by atoms with Crippen molar-refractivity contribution >= 4 is 34.7 Å². The SMILES string of the molecule is CC(C)(C)OC(=O)Nc1cccc2[nH]cc(CN(CCCC(=O)O)C(=O)OCC3c4ccccc4-c4ccccc43)c12. The first-order chi connectivity index (χ1) is 20.1. The molecule has 1 aromatic heterocycles. The van der Waals surface area contributed by atoms with Gasteiger partial charge >= 0.3 is 18.2 Å². The molecule has 42 heavy (non-hydrogen) atoms. The summed E-state index contributed by atoms with van der Waals surface area (Å²) in [6.45, 7) is 5.87. The molecular formula is C33H35N3O6. The third kappa shape index (κ3) is 6.40. The van der Waals surface area contributed by atoms with Gasteiger partial charge in [0.2, 0.25) is 0 Å². The summed E-state index contributed by atoms with van der Waals surface area (Å²) < 4.78 is 11.3. The second-order valence-electron chi connectivity index (χ2n) is 11.4. The Hall–Kier alpha value is -4.79. The van der Waals surface area contributed by atoms with Crippen molar-refractivity contribution in [2.24, 2.45) is 0 Å². The first-order valence-electron chi connectivity index (χ1n) is 14.0. The van der Waals surface area contributed by atoms with E-state index >= 15 is 0 Å². The van der Waals surface area contributed by atoms with Crippen molar-refractivity contribution < 1.29 is 29.0 Å². The van der Waals surface area contributed by atoms with E-state index in [-0.39, 0.29) is 38.5 Å². The van der Waals surface area contributed by atoms with Crippen molar-refractivity contribution in [2.75, 3.05) is 18.5 Å². The monoisotopic (exact) mass is 569 g/mol. The van der Waals surface area contributed by atoms with E-state index in [0.29, 0.717) is 5.69 Å². The summed E-state index contributed by atoms with van der Waals surface area (Å²) in [5.74, 6) is -1.03. The number of aromatic nitrogens is 1. The summed E-state index contributed by atoms with van der Waals surface area (Å²) in [4.78, 5) is 42.0. The zero-order valence-corrected chi connectivity index (χ0v) is 24.0. The summed E-state index contributed by atoms with van der Waals surface area (Å²) in [5, 5.41) is 12.8. The maximum atomic E-state index is 13.5. The highest BCUT2D eigenvalue weighted by Gasteiger charge is 2.30. The molecule has 0 unspecified atom stereocenters. The van der Waals surface area contributed by atoms with E-state index in [1.807, 2.05) is 36.4 Å². The van der Waals surface area contributed by atoms with Crippen LogP contribution in [0.4, 0.5) is 15.3 Å². The zero-order valence-electron chi connectivity index (χ0n) is 24.0. The maximum Gasteiger partial charge on any atom is 0.412 e. The highest BCUT2D eigenvalue weighted by molar-refractivity contribution is 6.01. The second kappa shape index (κ2) is 12.0. The van der Waals surface area contributed by atoms with E-state index in [9.17, 15) is 19.5 Å². The van der Waals surface area contributed by atoms with Gasteiger partial charge in [0.1, 0.15) is 12.2 Å². The first kappa shape index (κ1) is 28.7. The van der Waals surface area contributed by atoms with Gasteiger partial charge in [-0.05, 0) is 67.1 Å². The number of aliphatic carboxylic acids is 1. The fourth-order valence-electron chi connectivity index (χ4n) is 5.44. The average molecular weight is 570 g/mol. The van der Waals surface area contributed by atoms with Gasteiger partial charge in [-0.15, -0.1) is 0 Å². The van der Waals surface area contributed by atoms with E-state index in [1.54, 1.807) is 33.0 Å². The van der Waals surface area contributed by atoms with Crippen LogP contribution in [-0.4, -0.2) is 51.9 Å². The van der Waals surface area contributed by atoms with Gasteiger partial charge in [-0.2, -0.15) is 0 Å². The summed E-state index contributed by atoms with van der Waals surface area (Å²) >= 11 is 0. The van der Waals surface area contributed by atoms with Crippen molar-refractivity contribution in [2.45, 2.75) is 51.7 Å². The smallest absolute Gasteiger partial charge is 0.412 e. The molecule has 4 aromatic rings. The molecule has 5 rings (SSSR count). The molecule has 0 atom stereocenters. The Bertz CT molecular complexity index is 1570. The molecule has 9 heteroatoms. The normalized spacial score (nSPS) is 12.5. The van der Waals surface area contributed by atoms with Gasteiger partial charge in [-0.1, -0.05) is 54.6 Å². The third-order valence-corrected chi connectivity index (χ3v) is 7.20. The number of carboxylic acid groups (broad SMARTS) is 1. The van der Waals surface area contributed by atoms with Crippen LogP contribution in [-0.2, 0) is 20.8 Å². The first-order valence-corrected chi connectivity index (χ1v) is 14.0. The topological polar surface area (TPSA) is 121 Å². The lowest BCUT2D eigenvalue weighted by molar-refractivity contribution is -0.137. The van der Waals surface area contributed by atoms with Crippen LogP contribution in [0.5, 0.6) is 0 Å². The number of anilines is 1. The highest BCUT2D eigenvalue weighted by atomic mass is 16.6. The molecular weight excluding hydrogens is 534 g/mol. The van der Waals surface area contributed by atoms with E-state index in [2.05, 4.69) is 34.6 Å². The molecule has 9 nitrogen and oxygen atoms in total. The maximum absolute atomic E-state index is 13.5. The minimum absolute atomic E-state index is 0.0769. The molecule has 0 aliphatic heterocycles. The fourth-order valence-corrected chi connectivity index (χ4v) is 5.44. The molecule has 0 radical (unpaired) electrons. The van der Waals surface area contributed by atoms with Gasteiger partial charge in [-0.3, -0.25) is 10.1 Å². The van der Waals surface area contributed by atoms with E-state index in [0.717, 1.165) is 38.7 Å². The van der Waals surface area contributed by atoms with Crippen molar-refractivity contribution in [3.63, 3.8) is 0 Å². The van der Waals surface area contributed by atoms with Crippen LogP contribution in [0.15, 0.2) is 72.9 Å². The third-order valence-electron chi connectivity index (χ3n) is 7.20.